The van der Waals surface area contributed by atoms with Crippen LogP contribution in [0.25, 0.3) is 21.2 Å². The second kappa shape index (κ2) is 8.95. The van der Waals surface area contributed by atoms with Crippen LogP contribution in [0.5, 0.6) is 0 Å². The number of hydrazine groups is 1. The summed E-state index contributed by atoms with van der Waals surface area (Å²) in [6.45, 7) is 2.18. The fourth-order valence-corrected chi connectivity index (χ4v) is 4.20. The van der Waals surface area contributed by atoms with Gasteiger partial charge in [0.2, 0.25) is 0 Å². The third-order valence-corrected chi connectivity index (χ3v) is 5.73. The standard InChI is InChI=1S/C23H21N5O2S/c1-2-26-28(23(24)30)22(29)20-12-18-19(13-25-14-21(18)31-20)27-17-10-8-16(9-11-17)15-6-4-3-5-7-15/h3-14,26-27H,2H2,1H3,(H2,24,30). The van der Waals surface area contributed by atoms with Crippen molar-refractivity contribution in [1.82, 2.24) is 15.4 Å². The van der Waals surface area contributed by atoms with E-state index in [2.05, 4.69) is 40.0 Å². The minimum absolute atomic E-state index is 0.394. The topological polar surface area (TPSA) is 100 Å². The van der Waals surface area contributed by atoms with E-state index in [-0.39, 0.29) is 0 Å². The average Bonchev–Trinajstić information content (AvgIpc) is 3.23. The molecule has 0 saturated carbocycles. The smallest absolute Gasteiger partial charge is 0.336 e. The molecule has 4 rings (SSSR count). The number of rotatable bonds is 6. The lowest BCUT2D eigenvalue weighted by Crippen LogP contribution is -2.49. The van der Waals surface area contributed by atoms with Crippen molar-refractivity contribution in [3.8, 4) is 11.1 Å². The van der Waals surface area contributed by atoms with Gasteiger partial charge < -0.3 is 11.1 Å². The van der Waals surface area contributed by atoms with Crippen LogP contribution in [-0.2, 0) is 0 Å². The van der Waals surface area contributed by atoms with Gasteiger partial charge in [-0.3, -0.25) is 9.78 Å². The number of amides is 3. The second-order valence-electron chi connectivity index (χ2n) is 6.77. The number of hydrogen-bond donors (Lipinski definition) is 3. The van der Waals surface area contributed by atoms with E-state index in [1.807, 2.05) is 30.3 Å². The van der Waals surface area contributed by atoms with Crippen molar-refractivity contribution < 1.29 is 9.59 Å². The normalized spacial score (nSPS) is 10.7. The van der Waals surface area contributed by atoms with Crippen molar-refractivity contribution in [2.75, 3.05) is 11.9 Å². The molecule has 4 aromatic rings. The lowest BCUT2D eigenvalue weighted by molar-refractivity contribution is 0.0746. The molecule has 0 saturated heterocycles. The number of benzene rings is 2. The van der Waals surface area contributed by atoms with Crippen molar-refractivity contribution >= 4 is 44.7 Å². The van der Waals surface area contributed by atoms with Crippen molar-refractivity contribution in [2.24, 2.45) is 5.73 Å². The number of carbonyl (C=O) groups excluding carboxylic acids is 2. The van der Waals surface area contributed by atoms with Gasteiger partial charge in [-0.25, -0.2) is 10.2 Å². The van der Waals surface area contributed by atoms with Gasteiger partial charge in [-0.2, -0.15) is 5.01 Å². The minimum Gasteiger partial charge on any atom is -0.354 e. The summed E-state index contributed by atoms with van der Waals surface area (Å²) in [5.41, 5.74) is 12.0. The predicted octanol–water partition coefficient (Wildman–Crippen LogP) is 4.75. The molecule has 0 aliphatic carbocycles. The predicted molar refractivity (Wildman–Crippen MR) is 124 cm³/mol. The molecular formula is C23H21N5O2S. The second-order valence-corrected chi connectivity index (χ2v) is 7.85. The van der Waals surface area contributed by atoms with Gasteiger partial charge in [0.25, 0.3) is 5.91 Å². The largest absolute Gasteiger partial charge is 0.354 e. The molecular weight excluding hydrogens is 410 g/mol. The van der Waals surface area contributed by atoms with Gasteiger partial charge in [0.05, 0.1) is 21.5 Å². The van der Waals surface area contributed by atoms with Gasteiger partial charge in [0, 0.05) is 23.8 Å². The quantitative estimate of drug-likeness (QED) is 0.383. The molecule has 0 aliphatic rings. The molecule has 0 unspecified atom stereocenters. The van der Waals surface area contributed by atoms with E-state index < -0.39 is 11.9 Å². The number of hydrogen-bond acceptors (Lipinski definition) is 6. The van der Waals surface area contributed by atoms with Gasteiger partial charge in [0.1, 0.15) is 0 Å². The first-order valence-electron chi connectivity index (χ1n) is 9.74. The highest BCUT2D eigenvalue weighted by atomic mass is 32.1. The molecule has 0 radical (unpaired) electrons. The van der Waals surface area contributed by atoms with Crippen LogP contribution in [0.1, 0.15) is 16.6 Å². The van der Waals surface area contributed by atoms with Crippen LogP contribution in [0.4, 0.5) is 16.2 Å². The Labute approximate surface area is 183 Å². The van der Waals surface area contributed by atoms with Crippen molar-refractivity contribution in [3.63, 3.8) is 0 Å². The van der Waals surface area contributed by atoms with E-state index in [0.717, 1.165) is 37.6 Å². The number of thiophene rings is 1. The van der Waals surface area contributed by atoms with Crippen molar-refractivity contribution in [2.45, 2.75) is 6.92 Å². The number of nitrogens with one attached hydrogen (secondary N) is 2. The number of primary amides is 1. The van der Waals surface area contributed by atoms with E-state index in [4.69, 9.17) is 5.73 Å². The van der Waals surface area contributed by atoms with Gasteiger partial charge in [-0.1, -0.05) is 49.4 Å². The van der Waals surface area contributed by atoms with Crippen molar-refractivity contribution in [1.29, 1.82) is 0 Å². The lowest BCUT2D eigenvalue weighted by Gasteiger charge is -2.17. The van der Waals surface area contributed by atoms with Crippen LogP contribution in [0.3, 0.4) is 0 Å². The Bertz CT molecular complexity index is 1220. The molecule has 2 aromatic heterocycles. The highest BCUT2D eigenvalue weighted by Gasteiger charge is 2.22. The fourth-order valence-electron chi connectivity index (χ4n) is 3.22. The van der Waals surface area contributed by atoms with Crippen LogP contribution >= 0.6 is 11.3 Å². The molecule has 0 bridgehead atoms. The number of urea groups is 1. The van der Waals surface area contributed by atoms with E-state index >= 15 is 0 Å². The maximum absolute atomic E-state index is 12.7. The zero-order valence-corrected chi connectivity index (χ0v) is 17.6. The maximum Gasteiger partial charge on any atom is 0.336 e. The zero-order chi connectivity index (χ0) is 21.8. The Morgan fingerprint density at radius 2 is 1.74 bits per heavy atom. The molecule has 0 aliphatic heterocycles. The summed E-state index contributed by atoms with van der Waals surface area (Å²) >= 11 is 1.26. The third-order valence-electron chi connectivity index (χ3n) is 4.67. The maximum atomic E-state index is 12.7. The van der Waals surface area contributed by atoms with E-state index in [1.54, 1.807) is 25.4 Å². The number of aromatic nitrogens is 1. The van der Waals surface area contributed by atoms with Crippen LogP contribution < -0.4 is 16.5 Å². The Morgan fingerprint density at radius 3 is 2.42 bits per heavy atom. The molecule has 31 heavy (non-hydrogen) atoms. The highest BCUT2D eigenvalue weighted by Crippen LogP contribution is 2.33. The summed E-state index contributed by atoms with van der Waals surface area (Å²) in [6, 6.07) is 19.2. The molecule has 2 aromatic carbocycles. The Morgan fingerprint density at radius 1 is 1.03 bits per heavy atom. The van der Waals surface area contributed by atoms with Crippen LogP contribution in [-0.4, -0.2) is 28.5 Å². The summed E-state index contributed by atoms with van der Waals surface area (Å²) in [5.74, 6) is -0.492. The number of carbonyl (C=O) groups is 2. The average molecular weight is 432 g/mol. The van der Waals surface area contributed by atoms with Gasteiger partial charge in [0.15, 0.2) is 0 Å². The van der Waals surface area contributed by atoms with Gasteiger partial charge in [-0.05, 0) is 29.3 Å². The summed E-state index contributed by atoms with van der Waals surface area (Å²) in [5, 5.41) is 5.04. The van der Waals surface area contributed by atoms with E-state index in [1.165, 1.54) is 11.3 Å². The van der Waals surface area contributed by atoms with E-state index in [0.29, 0.717) is 11.4 Å². The zero-order valence-electron chi connectivity index (χ0n) is 16.8. The summed E-state index contributed by atoms with van der Waals surface area (Å²) in [6.07, 6.45) is 3.41. The highest BCUT2D eigenvalue weighted by molar-refractivity contribution is 7.20. The summed E-state index contributed by atoms with van der Waals surface area (Å²) in [4.78, 5) is 29.0. The number of nitrogens with two attached hydrogens (primary N) is 1. The van der Waals surface area contributed by atoms with E-state index in [9.17, 15) is 9.59 Å². The van der Waals surface area contributed by atoms with Crippen LogP contribution in [0, 0.1) is 0 Å². The number of imide groups is 1. The molecule has 0 spiro atoms. The first-order valence-corrected chi connectivity index (χ1v) is 10.6. The summed E-state index contributed by atoms with van der Waals surface area (Å²) < 4.78 is 0.829. The summed E-state index contributed by atoms with van der Waals surface area (Å²) in [7, 11) is 0. The molecule has 8 heteroatoms. The molecule has 3 amide bonds. The fraction of sp³-hybridized carbons (Fsp3) is 0.0870. The number of pyridine rings is 1. The number of nitrogens with zero attached hydrogens (tertiary/aromatic N) is 2. The van der Waals surface area contributed by atoms with Crippen LogP contribution in [0.15, 0.2) is 73.1 Å². The first-order chi connectivity index (χ1) is 15.1. The van der Waals surface area contributed by atoms with Gasteiger partial charge >= 0.3 is 6.03 Å². The first kappa shape index (κ1) is 20.5. The van der Waals surface area contributed by atoms with Crippen LogP contribution in [0.2, 0.25) is 0 Å². The Hall–Kier alpha value is -3.75. The molecule has 0 atom stereocenters. The number of fused-ring (bicyclic) bond motifs is 1. The SMILES string of the molecule is CCNN(C(N)=O)C(=O)c1cc2c(Nc3ccc(-c4ccccc4)cc3)cncc2s1. The van der Waals surface area contributed by atoms with Crippen molar-refractivity contribution in [3.05, 3.63) is 77.9 Å². The molecule has 0 fully saturated rings. The monoisotopic (exact) mass is 431 g/mol. The van der Waals surface area contributed by atoms with Gasteiger partial charge in [-0.15, -0.1) is 11.3 Å². The third kappa shape index (κ3) is 4.40. The molecule has 156 valence electrons. The molecule has 4 N–H and O–H groups in total. The Kier molecular flexibility index (Phi) is 5.92. The lowest BCUT2D eigenvalue weighted by atomic mass is 10.1. The molecule has 7 nitrogen and oxygen atoms in total. The molecule has 2 heterocycles. The Balaban J connectivity index is 1.60. The minimum atomic E-state index is -0.848. The number of anilines is 2.